The fourth-order valence-electron chi connectivity index (χ4n) is 1.01. The molecule has 0 aromatic carbocycles. The predicted octanol–water partition coefficient (Wildman–Crippen LogP) is 3.40. The predicted molar refractivity (Wildman–Crippen MR) is 44.6 cm³/mol. The molecule has 0 aromatic rings. The van der Waals surface area contributed by atoms with Gasteiger partial charge in [-0.3, -0.25) is 0 Å². The van der Waals surface area contributed by atoms with Gasteiger partial charge in [-0.25, -0.2) is 0 Å². The Morgan fingerprint density at radius 3 is 2.56 bits per heavy atom. The molecule has 1 heteroatoms. The van der Waals surface area contributed by atoms with Gasteiger partial charge < -0.3 is 0 Å². The van der Waals surface area contributed by atoms with Crippen LogP contribution in [0.2, 0.25) is 0 Å². The molecule has 1 aliphatic rings. The third-order valence-corrected chi connectivity index (χ3v) is 2.59. The van der Waals surface area contributed by atoms with Crippen LogP contribution in [0.1, 0.15) is 26.7 Å². The second-order valence-corrected chi connectivity index (χ2v) is 3.32. The molecule has 0 radical (unpaired) electrons. The quantitative estimate of drug-likeness (QED) is 0.590. The minimum absolute atomic E-state index is 1.18. The van der Waals surface area contributed by atoms with Crippen molar-refractivity contribution in [3.05, 3.63) is 21.7 Å². The number of rotatable bonds is 1. The maximum Gasteiger partial charge on any atom is 0.0167 e. The van der Waals surface area contributed by atoms with Gasteiger partial charge in [-0.1, -0.05) is 34.0 Å². The zero-order valence-electron chi connectivity index (χ0n) is 5.87. The van der Waals surface area contributed by atoms with Gasteiger partial charge in [0.15, 0.2) is 0 Å². The van der Waals surface area contributed by atoms with Gasteiger partial charge >= 0.3 is 0 Å². The van der Waals surface area contributed by atoms with E-state index in [0.717, 1.165) is 0 Å². The summed E-state index contributed by atoms with van der Waals surface area (Å²) < 4.78 is 1.29. The van der Waals surface area contributed by atoms with Gasteiger partial charge in [-0.2, -0.15) is 0 Å². The summed E-state index contributed by atoms with van der Waals surface area (Å²) in [5.41, 5.74) is 3.01. The van der Waals surface area contributed by atoms with Crippen molar-refractivity contribution in [2.24, 2.45) is 0 Å². The van der Waals surface area contributed by atoms with Crippen LogP contribution in [0.5, 0.6) is 0 Å². The van der Waals surface area contributed by atoms with Crippen molar-refractivity contribution >= 4 is 15.9 Å². The number of allylic oxidation sites excluding steroid dienone is 4. The van der Waals surface area contributed by atoms with E-state index < -0.39 is 0 Å². The number of hydrogen-bond acceptors (Lipinski definition) is 0. The summed E-state index contributed by atoms with van der Waals surface area (Å²) >= 11 is 3.49. The first kappa shape index (κ1) is 7.07. The lowest BCUT2D eigenvalue weighted by molar-refractivity contribution is 1.02. The van der Waals surface area contributed by atoms with Gasteiger partial charge in [-0.05, 0) is 25.8 Å². The van der Waals surface area contributed by atoms with Gasteiger partial charge in [0.05, 0.1) is 0 Å². The highest BCUT2D eigenvalue weighted by Gasteiger charge is 2.07. The Hall–Kier alpha value is -0.0400. The fraction of sp³-hybridized carbons (Fsp3) is 0.500. The van der Waals surface area contributed by atoms with Crippen LogP contribution in [0.25, 0.3) is 0 Å². The molecule has 0 aliphatic heterocycles. The monoisotopic (exact) mass is 186 g/mol. The van der Waals surface area contributed by atoms with Crippen molar-refractivity contribution in [1.82, 2.24) is 0 Å². The molecule has 1 aliphatic carbocycles. The molecule has 50 valence electrons. The third kappa shape index (κ3) is 1.45. The van der Waals surface area contributed by atoms with E-state index in [1.54, 1.807) is 5.57 Å². The summed E-state index contributed by atoms with van der Waals surface area (Å²) in [6.07, 6.45) is 4.60. The average molecular weight is 187 g/mol. The largest absolute Gasteiger partial charge is 0.0653 e. The normalized spacial score (nSPS) is 18.8. The summed E-state index contributed by atoms with van der Waals surface area (Å²) in [4.78, 5) is 0. The molecule has 9 heavy (non-hydrogen) atoms. The molecule has 1 rings (SSSR count). The van der Waals surface area contributed by atoms with Crippen LogP contribution in [0.3, 0.4) is 0 Å². The summed E-state index contributed by atoms with van der Waals surface area (Å²) in [5.74, 6) is 0. The van der Waals surface area contributed by atoms with Crippen LogP contribution in [-0.4, -0.2) is 0 Å². The first-order valence-electron chi connectivity index (χ1n) is 3.28. The summed E-state index contributed by atoms with van der Waals surface area (Å²) in [7, 11) is 0. The lowest BCUT2D eigenvalue weighted by atomic mass is 10.1. The Bertz CT molecular complexity index is 175. The van der Waals surface area contributed by atoms with Crippen molar-refractivity contribution in [3.8, 4) is 0 Å². The van der Waals surface area contributed by atoms with E-state index in [-0.39, 0.29) is 0 Å². The average Bonchev–Trinajstić information content (AvgIpc) is 2.13. The number of hydrogen-bond donors (Lipinski definition) is 0. The molecule has 0 amide bonds. The summed E-state index contributed by atoms with van der Waals surface area (Å²) in [6, 6.07) is 0. The molecular formula is C8H11Br. The van der Waals surface area contributed by atoms with Crippen molar-refractivity contribution in [1.29, 1.82) is 0 Å². The molecule has 0 bridgehead atoms. The van der Waals surface area contributed by atoms with E-state index in [0.29, 0.717) is 0 Å². The second-order valence-electron chi connectivity index (χ2n) is 2.46. The lowest BCUT2D eigenvalue weighted by Crippen LogP contribution is -1.74. The highest BCUT2D eigenvalue weighted by Crippen LogP contribution is 2.29. The molecule has 0 N–H and O–H groups in total. The van der Waals surface area contributed by atoms with Gasteiger partial charge in [0.25, 0.3) is 0 Å². The maximum atomic E-state index is 3.49. The van der Waals surface area contributed by atoms with Crippen LogP contribution >= 0.6 is 15.9 Å². The van der Waals surface area contributed by atoms with Crippen LogP contribution in [-0.2, 0) is 0 Å². The van der Waals surface area contributed by atoms with E-state index in [1.807, 2.05) is 0 Å². The molecule has 0 saturated carbocycles. The van der Waals surface area contributed by atoms with E-state index in [9.17, 15) is 0 Å². The summed E-state index contributed by atoms with van der Waals surface area (Å²) in [5, 5.41) is 0. The minimum Gasteiger partial charge on any atom is -0.0653 e. The third-order valence-electron chi connectivity index (χ3n) is 1.68. The van der Waals surface area contributed by atoms with Crippen molar-refractivity contribution in [2.45, 2.75) is 26.7 Å². The summed E-state index contributed by atoms with van der Waals surface area (Å²) in [6.45, 7) is 4.37. The van der Waals surface area contributed by atoms with Crippen molar-refractivity contribution in [3.63, 3.8) is 0 Å². The van der Waals surface area contributed by atoms with E-state index >= 15 is 0 Å². The fourth-order valence-corrected chi connectivity index (χ4v) is 1.47. The van der Waals surface area contributed by atoms with Gasteiger partial charge in [-0.15, -0.1) is 0 Å². The molecule has 0 saturated heterocycles. The Labute approximate surface area is 64.8 Å². The topological polar surface area (TPSA) is 0 Å². The molecule has 0 spiro atoms. The Balaban J connectivity index is 2.67. The van der Waals surface area contributed by atoms with Crippen LogP contribution in [0.4, 0.5) is 0 Å². The first-order chi connectivity index (χ1) is 4.24. The van der Waals surface area contributed by atoms with Crippen LogP contribution < -0.4 is 0 Å². The highest BCUT2D eigenvalue weighted by molar-refractivity contribution is 9.11. The molecule has 0 atom stereocenters. The van der Waals surface area contributed by atoms with Crippen molar-refractivity contribution < 1.29 is 0 Å². The van der Waals surface area contributed by atoms with E-state index in [4.69, 9.17) is 0 Å². The van der Waals surface area contributed by atoms with E-state index in [1.165, 1.54) is 22.9 Å². The van der Waals surface area contributed by atoms with Gasteiger partial charge in [0.1, 0.15) is 0 Å². The Kier molecular flexibility index (Phi) is 2.12. The molecule has 0 aromatic heterocycles. The molecule has 0 fully saturated rings. The maximum absolute atomic E-state index is 3.49. The van der Waals surface area contributed by atoms with Crippen LogP contribution in [0, 0.1) is 0 Å². The lowest BCUT2D eigenvalue weighted by Gasteiger charge is -1.93. The van der Waals surface area contributed by atoms with Gasteiger partial charge in [0, 0.05) is 4.48 Å². The van der Waals surface area contributed by atoms with Crippen molar-refractivity contribution in [2.75, 3.05) is 0 Å². The molecule has 0 nitrogen and oxygen atoms in total. The first-order valence-corrected chi connectivity index (χ1v) is 4.08. The smallest absolute Gasteiger partial charge is 0.0167 e. The Morgan fingerprint density at radius 1 is 1.67 bits per heavy atom. The molecule has 0 unspecified atom stereocenters. The highest BCUT2D eigenvalue weighted by atomic mass is 79.9. The minimum atomic E-state index is 1.18. The second kappa shape index (κ2) is 2.70. The van der Waals surface area contributed by atoms with Crippen LogP contribution in [0.15, 0.2) is 21.7 Å². The zero-order valence-corrected chi connectivity index (χ0v) is 7.46. The van der Waals surface area contributed by atoms with Gasteiger partial charge in [0.2, 0.25) is 0 Å². The zero-order chi connectivity index (χ0) is 6.85. The molecule has 0 heterocycles. The van der Waals surface area contributed by atoms with E-state index in [2.05, 4.69) is 35.9 Å². The molecular weight excluding hydrogens is 176 g/mol. The standard InChI is InChI=1S/C8H11Br/c1-3-7-4-6(2)8(9)5-7/h5H,3-4H2,1-2H3. The Morgan fingerprint density at radius 2 is 2.33 bits per heavy atom. The SMILES string of the molecule is CCC1=CC(Br)=C(C)C1. The number of halogens is 1.